The lowest BCUT2D eigenvalue weighted by molar-refractivity contribution is -0.139. The Hall–Kier alpha value is -4.33. The van der Waals surface area contributed by atoms with Gasteiger partial charge in [-0.2, -0.15) is 5.10 Å². The second-order valence-electron chi connectivity index (χ2n) is 11.8. The van der Waals surface area contributed by atoms with Crippen molar-refractivity contribution in [3.63, 3.8) is 0 Å². The maximum atomic E-state index is 13.3. The molecule has 4 aromatic rings. The number of hydrogen-bond donors (Lipinski definition) is 4. The molecule has 4 N–H and O–H groups in total. The van der Waals surface area contributed by atoms with Crippen molar-refractivity contribution in [2.75, 3.05) is 37.4 Å². The van der Waals surface area contributed by atoms with Gasteiger partial charge in [-0.1, -0.05) is 53.5 Å². The van der Waals surface area contributed by atoms with Crippen LogP contribution in [0.1, 0.15) is 57.5 Å². The number of anilines is 2. The normalized spacial score (nSPS) is 17.5. The van der Waals surface area contributed by atoms with Gasteiger partial charge < -0.3 is 20.5 Å². The molecule has 12 nitrogen and oxygen atoms in total. The first kappa shape index (κ1) is 33.6. The molecule has 0 radical (unpaired) electrons. The smallest absolute Gasteiger partial charge is 0.319 e. The number of rotatable bonds is 10. The molecule has 2 aromatic heterocycles. The number of hydrogen-bond acceptors (Lipinski definition) is 9. The summed E-state index contributed by atoms with van der Waals surface area (Å²) >= 11 is 13.6. The maximum absolute atomic E-state index is 13.3. The van der Waals surface area contributed by atoms with E-state index in [1.165, 1.54) is 7.11 Å². The molecule has 48 heavy (non-hydrogen) atoms. The summed E-state index contributed by atoms with van der Waals surface area (Å²) in [5.41, 5.74) is 4.07. The second kappa shape index (κ2) is 14.8. The highest BCUT2D eigenvalue weighted by molar-refractivity contribution is 6.40. The van der Waals surface area contributed by atoms with Crippen LogP contribution < -0.4 is 16.0 Å². The molecule has 0 spiro atoms. The number of aliphatic hydroxyl groups excluding tert-OH is 1. The van der Waals surface area contributed by atoms with E-state index in [4.69, 9.17) is 27.9 Å². The van der Waals surface area contributed by atoms with Crippen LogP contribution in [-0.2, 0) is 22.6 Å². The summed E-state index contributed by atoms with van der Waals surface area (Å²) in [6.45, 7) is 2.82. The molecule has 0 saturated carbocycles. The number of methoxy groups -OCH3 is 1. The first-order chi connectivity index (χ1) is 23.2. The summed E-state index contributed by atoms with van der Waals surface area (Å²) in [6.07, 6.45) is 3.76. The molecule has 1 fully saturated rings. The van der Waals surface area contributed by atoms with E-state index in [-0.39, 0.29) is 46.1 Å². The number of carbonyl (C=O) groups is 3. The number of ether oxygens (including phenoxy) is 1. The molecule has 0 bridgehead atoms. The van der Waals surface area contributed by atoms with Crippen LogP contribution in [0.4, 0.5) is 11.4 Å². The van der Waals surface area contributed by atoms with Gasteiger partial charge in [0.05, 0.1) is 46.9 Å². The lowest BCUT2D eigenvalue weighted by Gasteiger charge is -2.24. The third-order valence-corrected chi connectivity index (χ3v) is 9.29. The summed E-state index contributed by atoms with van der Waals surface area (Å²) in [7, 11) is 1.34. The van der Waals surface area contributed by atoms with Crippen LogP contribution in [0.5, 0.6) is 0 Å². The van der Waals surface area contributed by atoms with Gasteiger partial charge in [0.2, 0.25) is 0 Å². The number of benzene rings is 2. The molecule has 1 saturated heterocycles. The van der Waals surface area contributed by atoms with E-state index in [9.17, 15) is 19.5 Å². The predicted molar refractivity (Wildman–Crippen MR) is 182 cm³/mol. The molecular formula is C34H35Cl2N7O5. The molecule has 0 aliphatic carbocycles. The molecule has 2 aliphatic rings. The minimum atomic E-state index is -0.439. The molecule has 0 unspecified atom stereocenters. The Balaban J connectivity index is 1.14. The molecule has 2 amide bonds. The van der Waals surface area contributed by atoms with Gasteiger partial charge in [0.15, 0.2) is 5.69 Å². The number of pyridine rings is 1. The van der Waals surface area contributed by atoms with E-state index < -0.39 is 11.8 Å². The van der Waals surface area contributed by atoms with Crippen LogP contribution in [0, 0.1) is 0 Å². The first-order valence-electron chi connectivity index (χ1n) is 15.6. The van der Waals surface area contributed by atoms with Crippen LogP contribution in [0.15, 0.2) is 60.8 Å². The molecule has 2 atom stereocenters. The number of amides is 2. The zero-order valence-corrected chi connectivity index (χ0v) is 27.7. The quantitative estimate of drug-likeness (QED) is 0.170. The van der Waals surface area contributed by atoms with Crippen molar-refractivity contribution in [2.24, 2.45) is 0 Å². The predicted octanol–water partition coefficient (Wildman–Crippen LogP) is 4.92. The lowest BCUT2D eigenvalue weighted by atomic mass is 10.0. The van der Waals surface area contributed by atoms with E-state index in [1.54, 1.807) is 59.4 Å². The number of β-amino-alcohol motifs (C(OH)–C–C–N with tert-alkyl or cyclic N) is 1. The summed E-state index contributed by atoms with van der Waals surface area (Å²) in [4.78, 5) is 44.5. The Bertz CT molecular complexity index is 1830. The Morgan fingerprint density at radius 2 is 1.62 bits per heavy atom. The highest BCUT2D eigenvalue weighted by Crippen LogP contribution is 2.40. The van der Waals surface area contributed by atoms with E-state index in [1.807, 2.05) is 6.07 Å². The Morgan fingerprint density at radius 3 is 2.23 bits per heavy atom. The minimum absolute atomic E-state index is 0.0553. The first-order valence-corrected chi connectivity index (χ1v) is 16.4. The molecule has 6 rings (SSSR count). The molecule has 250 valence electrons. The number of carbonyl (C=O) groups excluding carboxylic acids is 3. The monoisotopic (exact) mass is 691 g/mol. The van der Waals surface area contributed by atoms with E-state index in [0.29, 0.717) is 42.1 Å². The van der Waals surface area contributed by atoms with Gasteiger partial charge in [0.25, 0.3) is 11.8 Å². The fraction of sp³-hybridized carbons (Fsp3) is 0.324. The van der Waals surface area contributed by atoms with E-state index in [0.717, 1.165) is 37.1 Å². The lowest BCUT2D eigenvalue weighted by Crippen LogP contribution is -2.32. The average molecular weight is 693 g/mol. The van der Waals surface area contributed by atoms with Crippen LogP contribution in [0.2, 0.25) is 10.0 Å². The van der Waals surface area contributed by atoms with Crippen molar-refractivity contribution in [3.05, 3.63) is 93.5 Å². The number of halogens is 2. The fourth-order valence-corrected chi connectivity index (χ4v) is 6.54. The molecule has 14 heteroatoms. The van der Waals surface area contributed by atoms with Crippen molar-refractivity contribution in [3.8, 4) is 11.1 Å². The second-order valence-corrected chi connectivity index (χ2v) is 12.6. The van der Waals surface area contributed by atoms with Gasteiger partial charge in [0.1, 0.15) is 5.69 Å². The minimum Gasteiger partial charge on any atom is -0.468 e. The Labute approximate surface area is 287 Å². The maximum Gasteiger partial charge on any atom is 0.319 e. The standard InChI is InChI=1S/C34H35Cl2N7O5/c1-48-30(45)17-38-24-9-4-13-43-29(24)15-28(41-43)34(47)40-26-8-3-6-23(32(26)36)22-5-2-7-25(31(22)35)39-33(46)27-11-10-20(16-37-27)18-42-14-12-21(44)19-42/h2-3,5-8,10-11,15-16,21,24,38,44H,4,9,12-14,17-19H2,1H3,(H,39,46)(H,40,47)/t21-,24-/m1/s1. The fourth-order valence-electron chi connectivity index (χ4n) is 5.99. The topological polar surface area (TPSA) is 151 Å². The van der Waals surface area contributed by atoms with Crippen LogP contribution in [-0.4, -0.2) is 75.4 Å². The Kier molecular flexibility index (Phi) is 10.4. The number of aryl methyl sites for hydroxylation is 1. The SMILES string of the molecule is COC(=O)CN[C@@H]1CCCn2nc(C(=O)Nc3cccc(-c4cccc(NC(=O)c5ccc(CN6CC[C@@H](O)C6)cn5)c4Cl)c3Cl)cc21. The highest BCUT2D eigenvalue weighted by atomic mass is 35.5. The third kappa shape index (κ3) is 7.53. The summed E-state index contributed by atoms with van der Waals surface area (Å²) in [5.74, 6) is -1.23. The number of nitrogens with one attached hydrogen (secondary N) is 3. The number of esters is 1. The average Bonchev–Trinajstić information content (AvgIpc) is 3.72. The zero-order valence-electron chi connectivity index (χ0n) is 26.2. The largest absolute Gasteiger partial charge is 0.468 e. The highest BCUT2D eigenvalue weighted by Gasteiger charge is 2.26. The molecule has 4 heterocycles. The molecular weight excluding hydrogens is 657 g/mol. The van der Waals surface area contributed by atoms with Crippen molar-refractivity contribution < 1.29 is 24.2 Å². The van der Waals surface area contributed by atoms with Crippen molar-refractivity contribution >= 4 is 52.4 Å². The molecule has 2 aliphatic heterocycles. The van der Waals surface area contributed by atoms with E-state index >= 15 is 0 Å². The Morgan fingerprint density at radius 1 is 0.938 bits per heavy atom. The van der Waals surface area contributed by atoms with Crippen LogP contribution in [0.3, 0.4) is 0 Å². The van der Waals surface area contributed by atoms with Gasteiger partial charge in [-0.15, -0.1) is 0 Å². The van der Waals surface area contributed by atoms with Gasteiger partial charge in [0, 0.05) is 49.5 Å². The zero-order chi connectivity index (χ0) is 33.8. The van der Waals surface area contributed by atoms with Crippen molar-refractivity contribution in [2.45, 2.75) is 44.5 Å². The number of likely N-dealkylation sites (tertiary alicyclic amines) is 1. The number of aromatic nitrogens is 3. The number of nitrogens with zero attached hydrogens (tertiary/aromatic N) is 4. The molecule has 2 aromatic carbocycles. The van der Waals surface area contributed by atoms with E-state index in [2.05, 4.69) is 30.9 Å². The van der Waals surface area contributed by atoms with Gasteiger partial charge in [-0.25, -0.2) is 0 Å². The van der Waals surface area contributed by atoms with Crippen LogP contribution in [0.25, 0.3) is 11.1 Å². The van der Waals surface area contributed by atoms with Crippen LogP contribution >= 0.6 is 23.2 Å². The van der Waals surface area contributed by atoms with Gasteiger partial charge in [-0.05, 0) is 49.1 Å². The van der Waals surface area contributed by atoms with Gasteiger partial charge >= 0.3 is 5.97 Å². The summed E-state index contributed by atoms with van der Waals surface area (Å²) < 4.78 is 6.50. The summed E-state index contributed by atoms with van der Waals surface area (Å²) in [5, 5.41) is 23.7. The van der Waals surface area contributed by atoms with Crippen molar-refractivity contribution in [1.29, 1.82) is 0 Å². The third-order valence-electron chi connectivity index (χ3n) is 8.48. The van der Waals surface area contributed by atoms with Gasteiger partial charge in [-0.3, -0.25) is 34.3 Å². The number of aliphatic hydroxyl groups is 1. The van der Waals surface area contributed by atoms with Crippen molar-refractivity contribution in [1.82, 2.24) is 25.0 Å². The number of fused-ring (bicyclic) bond motifs is 1. The summed E-state index contributed by atoms with van der Waals surface area (Å²) in [6, 6.07) is 15.5.